The van der Waals surface area contributed by atoms with Gasteiger partial charge in [-0.2, -0.15) is 0 Å². The van der Waals surface area contributed by atoms with Crippen LogP contribution in [0, 0.1) is 0 Å². The van der Waals surface area contributed by atoms with Gasteiger partial charge in [-0.25, -0.2) is 19.9 Å². The summed E-state index contributed by atoms with van der Waals surface area (Å²) in [5.74, 6) is 0. The van der Waals surface area contributed by atoms with Crippen LogP contribution in [-0.4, -0.2) is 30.5 Å². The average Bonchev–Trinajstić information content (AvgIpc) is 2.68. The van der Waals surface area contributed by atoms with Gasteiger partial charge in [0.25, 0.3) is 0 Å². The van der Waals surface area contributed by atoms with Crippen LogP contribution in [0.2, 0.25) is 0 Å². The van der Waals surface area contributed by atoms with Gasteiger partial charge in [0.2, 0.25) is 0 Å². The minimum atomic E-state index is -1.89. The van der Waals surface area contributed by atoms with Gasteiger partial charge in [0.05, 0.1) is 6.16 Å². The molecule has 0 bridgehead atoms. The Kier molecular flexibility index (Phi) is 6.21. The summed E-state index contributed by atoms with van der Waals surface area (Å²) in [6.45, 7) is 0. The van der Waals surface area contributed by atoms with Crippen LogP contribution in [-0.2, 0) is 0 Å². The molecule has 0 aliphatic rings. The predicted octanol–water partition coefficient (Wildman–Crippen LogP) is 2.78. The van der Waals surface area contributed by atoms with E-state index in [0.717, 1.165) is 23.5 Å². The summed E-state index contributed by atoms with van der Waals surface area (Å²) in [7, 11) is -1.89. The molecule has 0 spiro atoms. The number of rotatable bonds is 7. The van der Waals surface area contributed by atoms with Crippen molar-refractivity contribution < 1.29 is 0 Å². The molecule has 0 amide bonds. The molecule has 1 aromatic carbocycles. The molecule has 0 N–H and O–H groups in total. The lowest BCUT2D eigenvalue weighted by atomic mass is 10.4. The molecule has 24 heavy (non-hydrogen) atoms. The highest BCUT2D eigenvalue weighted by Gasteiger charge is 2.47. The van der Waals surface area contributed by atoms with Crippen molar-refractivity contribution in [2.45, 2.75) is 12.8 Å². The molecule has 0 aliphatic carbocycles. The SMILES string of the molecule is [124I]CCCC[P+](c1ccccc1)(c1ccncn1)c1ccncn1. The second-order valence-corrected chi connectivity index (χ2v) is 9.98. The van der Waals surface area contributed by atoms with Crippen LogP contribution < -0.4 is 16.2 Å². The molecule has 0 radical (unpaired) electrons. The second kappa shape index (κ2) is 8.58. The summed E-state index contributed by atoms with van der Waals surface area (Å²) >= 11 is 2.44. The standard InChI is InChI=1S/C18H19IN4P/c19-10-4-5-13-24(16-6-2-1-3-7-16,17-8-11-20-14-22-17)18-9-12-21-15-23-18/h1-3,6-9,11-12,14-15H,4-5,10,13H2/q+1/i19-3. The lowest BCUT2D eigenvalue weighted by Gasteiger charge is -2.24. The first kappa shape index (κ1) is 17.4. The molecule has 6 heteroatoms. The van der Waals surface area contributed by atoms with Crippen LogP contribution in [0.3, 0.4) is 0 Å². The summed E-state index contributed by atoms with van der Waals surface area (Å²) in [6.07, 6.45) is 10.4. The molecule has 3 rings (SSSR count). The number of halogens is 1. The summed E-state index contributed by atoms with van der Waals surface area (Å²) in [6, 6.07) is 14.8. The van der Waals surface area contributed by atoms with E-state index in [0.29, 0.717) is 0 Å². The van der Waals surface area contributed by atoms with E-state index in [4.69, 9.17) is 0 Å². The van der Waals surface area contributed by atoms with Gasteiger partial charge >= 0.3 is 0 Å². The Bertz CT molecular complexity index is 644. The molecular weight excluding hydrogens is 427 g/mol. The maximum absolute atomic E-state index is 4.66. The maximum atomic E-state index is 4.66. The van der Waals surface area contributed by atoms with Crippen molar-refractivity contribution >= 4 is 46.0 Å². The number of alkyl halides is 1. The van der Waals surface area contributed by atoms with E-state index in [1.807, 2.05) is 24.5 Å². The van der Waals surface area contributed by atoms with Gasteiger partial charge in [0.1, 0.15) is 18.0 Å². The van der Waals surface area contributed by atoms with Crippen molar-refractivity contribution in [3.05, 3.63) is 67.5 Å². The van der Waals surface area contributed by atoms with E-state index in [1.54, 1.807) is 12.7 Å². The third-order valence-electron chi connectivity index (χ3n) is 3.99. The normalized spacial score (nSPS) is 11.4. The van der Waals surface area contributed by atoms with E-state index in [2.05, 4.69) is 72.9 Å². The Morgan fingerprint density at radius 3 is 1.92 bits per heavy atom. The van der Waals surface area contributed by atoms with Crippen LogP contribution in [0.1, 0.15) is 12.8 Å². The Balaban J connectivity index is 2.20. The largest absolute Gasteiger partial charge is 0.245 e. The average molecular weight is 446 g/mol. The summed E-state index contributed by atoms with van der Waals surface area (Å²) in [4.78, 5) is 17.5. The predicted molar refractivity (Wildman–Crippen MR) is 109 cm³/mol. The number of benzene rings is 1. The molecule has 0 unspecified atom stereocenters. The van der Waals surface area contributed by atoms with Crippen LogP contribution in [0.25, 0.3) is 0 Å². The smallest absolute Gasteiger partial charge is 0.197 e. The highest BCUT2D eigenvalue weighted by Crippen LogP contribution is 2.54. The molecule has 0 saturated heterocycles. The second-order valence-electron chi connectivity index (χ2n) is 5.40. The quantitative estimate of drug-likeness (QED) is 0.243. The molecule has 2 heterocycles. The fourth-order valence-electron chi connectivity index (χ4n) is 2.89. The van der Waals surface area contributed by atoms with Gasteiger partial charge in [-0.05, 0) is 29.4 Å². The van der Waals surface area contributed by atoms with E-state index in [9.17, 15) is 0 Å². The molecule has 0 atom stereocenters. The fraction of sp³-hybridized carbons (Fsp3) is 0.222. The summed E-state index contributed by atoms with van der Waals surface area (Å²) in [5.41, 5.74) is 2.19. The molecule has 4 nitrogen and oxygen atoms in total. The molecule has 2 aromatic heterocycles. The highest BCUT2D eigenvalue weighted by molar-refractivity contribution is 14.1. The highest BCUT2D eigenvalue weighted by atomic mass is 124. The molecule has 3 aromatic rings. The van der Waals surface area contributed by atoms with E-state index < -0.39 is 7.26 Å². The topological polar surface area (TPSA) is 51.6 Å². The maximum Gasteiger partial charge on any atom is 0.197 e. The van der Waals surface area contributed by atoms with Crippen molar-refractivity contribution in [3.63, 3.8) is 0 Å². The van der Waals surface area contributed by atoms with Crippen LogP contribution >= 0.6 is 29.9 Å². The van der Waals surface area contributed by atoms with Crippen molar-refractivity contribution in [3.8, 4) is 0 Å². The first-order chi connectivity index (χ1) is 11.9. The Hall–Kier alpha value is -1.46. The third kappa shape index (κ3) is 3.62. The van der Waals surface area contributed by atoms with Gasteiger partial charge in [0, 0.05) is 24.5 Å². The minimum absolute atomic E-state index is 1.06. The lowest BCUT2D eigenvalue weighted by molar-refractivity contribution is 0.912. The number of hydrogen-bond acceptors (Lipinski definition) is 4. The molecular formula is C18H19IN4P+. The van der Waals surface area contributed by atoms with E-state index in [-0.39, 0.29) is 0 Å². The van der Waals surface area contributed by atoms with Crippen LogP contribution in [0.4, 0.5) is 0 Å². The van der Waals surface area contributed by atoms with Crippen LogP contribution in [0.5, 0.6) is 0 Å². The Labute approximate surface area is 156 Å². The zero-order valence-electron chi connectivity index (χ0n) is 13.3. The third-order valence-corrected chi connectivity index (χ3v) is 9.01. The molecule has 0 saturated carbocycles. The summed E-state index contributed by atoms with van der Waals surface area (Å²) in [5, 5.41) is 1.32. The zero-order valence-corrected chi connectivity index (χ0v) is 16.3. The Morgan fingerprint density at radius 1 is 0.792 bits per heavy atom. The van der Waals surface area contributed by atoms with Gasteiger partial charge in [-0.15, -0.1) is 0 Å². The van der Waals surface area contributed by atoms with Gasteiger partial charge in [0.15, 0.2) is 18.1 Å². The minimum Gasteiger partial charge on any atom is -0.245 e. The van der Waals surface area contributed by atoms with Crippen LogP contribution in [0.15, 0.2) is 67.5 Å². The number of nitrogens with zero attached hydrogens (tertiary/aromatic N) is 4. The lowest BCUT2D eigenvalue weighted by Crippen LogP contribution is -2.36. The van der Waals surface area contributed by atoms with Crippen molar-refractivity contribution in [1.29, 1.82) is 0 Å². The number of hydrogen-bond donors (Lipinski definition) is 0. The first-order valence-electron chi connectivity index (χ1n) is 7.91. The molecule has 122 valence electrons. The number of unbranched alkanes of at least 4 members (excludes halogenated alkanes) is 1. The van der Waals surface area contributed by atoms with Gasteiger partial charge in [-0.3, -0.25) is 0 Å². The van der Waals surface area contributed by atoms with Gasteiger partial charge in [-0.1, -0.05) is 40.8 Å². The van der Waals surface area contributed by atoms with Gasteiger partial charge < -0.3 is 0 Å². The zero-order chi connectivity index (χ0) is 16.7. The summed E-state index contributed by atoms with van der Waals surface area (Å²) < 4.78 is 1.17. The Morgan fingerprint density at radius 2 is 1.42 bits per heavy atom. The van der Waals surface area contributed by atoms with E-state index in [1.165, 1.54) is 16.2 Å². The number of aromatic nitrogens is 4. The van der Waals surface area contributed by atoms with Crippen molar-refractivity contribution in [2.24, 2.45) is 0 Å². The molecule has 0 fully saturated rings. The van der Waals surface area contributed by atoms with Crippen molar-refractivity contribution in [2.75, 3.05) is 10.6 Å². The first-order valence-corrected chi connectivity index (χ1v) is 11.4. The molecule has 0 aliphatic heterocycles. The fourth-order valence-corrected chi connectivity index (χ4v) is 7.42. The van der Waals surface area contributed by atoms with E-state index >= 15 is 0 Å². The van der Waals surface area contributed by atoms with Crippen molar-refractivity contribution in [1.82, 2.24) is 19.9 Å². The monoisotopic (exact) mass is 446 g/mol.